The van der Waals surface area contributed by atoms with Gasteiger partial charge in [-0.25, -0.2) is 13.1 Å². The number of halogens is 1. The first-order valence-corrected chi connectivity index (χ1v) is 8.51. The standard InChI is InChI=1S/C11H18ClNO2S2/c1-11(2,10-5-3-7-16-10)9-13-17(14,15)8-4-6-12/h3,5,7,13H,4,6,8-9H2,1-2H3. The minimum absolute atomic E-state index is 0.0943. The van der Waals surface area contributed by atoms with Gasteiger partial charge >= 0.3 is 0 Å². The summed E-state index contributed by atoms with van der Waals surface area (Å²) in [4.78, 5) is 1.18. The maximum Gasteiger partial charge on any atom is 0.211 e. The number of hydrogen-bond donors (Lipinski definition) is 1. The highest BCUT2D eigenvalue weighted by Crippen LogP contribution is 2.26. The molecular formula is C11H18ClNO2S2. The molecule has 0 unspecified atom stereocenters. The normalized spacial score (nSPS) is 12.9. The summed E-state index contributed by atoms with van der Waals surface area (Å²) in [7, 11) is -3.20. The van der Waals surface area contributed by atoms with E-state index >= 15 is 0 Å². The van der Waals surface area contributed by atoms with E-state index in [0.717, 1.165) is 0 Å². The molecule has 1 N–H and O–H groups in total. The first kappa shape index (κ1) is 15.0. The van der Waals surface area contributed by atoms with Crippen molar-refractivity contribution >= 4 is 33.0 Å². The fourth-order valence-corrected chi connectivity index (χ4v) is 3.75. The molecule has 0 spiro atoms. The monoisotopic (exact) mass is 295 g/mol. The largest absolute Gasteiger partial charge is 0.214 e. The summed E-state index contributed by atoms with van der Waals surface area (Å²) in [6.07, 6.45) is 0.482. The van der Waals surface area contributed by atoms with Crippen molar-refractivity contribution in [3.8, 4) is 0 Å². The number of thiophene rings is 1. The zero-order valence-electron chi connectivity index (χ0n) is 10.1. The third-order valence-electron chi connectivity index (χ3n) is 2.47. The minimum atomic E-state index is -3.20. The first-order valence-electron chi connectivity index (χ1n) is 5.45. The molecule has 1 aromatic heterocycles. The van der Waals surface area contributed by atoms with Gasteiger partial charge in [0, 0.05) is 22.7 Å². The Morgan fingerprint density at radius 2 is 2.18 bits per heavy atom. The first-order chi connectivity index (χ1) is 7.87. The molecule has 0 aromatic carbocycles. The average Bonchev–Trinajstić information content (AvgIpc) is 2.78. The lowest BCUT2D eigenvalue weighted by atomic mass is 9.92. The molecule has 0 aliphatic heterocycles. The maximum absolute atomic E-state index is 11.6. The van der Waals surface area contributed by atoms with Crippen molar-refractivity contribution in [2.75, 3.05) is 18.2 Å². The summed E-state index contributed by atoms with van der Waals surface area (Å²) in [5, 5.41) is 2.00. The van der Waals surface area contributed by atoms with Gasteiger partial charge in [-0.05, 0) is 17.9 Å². The van der Waals surface area contributed by atoms with Crippen molar-refractivity contribution in [3.05, 3.63) is 22.4 Å². The predicted octanol–water partition coefficient (Wildman–Crippen LogP) is 2.57. The molecule has 1 heterocycles. The lowest BCUT2D eigenvalue weighted by molar-refractivity contribution is 0.509. The van der Waals surface area contributed by atoms with Crippen molar-refractivity contribution in [3.63, 3.8) is 0 Å². The third kappa shape index (κ3) is 4.95. The summed E-state index contributed by atoms with van der Waals surface area (Å²) in [6.45, 7) is 4.48. The van der Waals surface area contributed by atoms with Crippen molar-refractivity contribution in [1.29, 1.82) is 0 Å². The van der Waals surface area contributed by atoms with Crippen LogP contribution in [-0.2, 0) is 15.4 Å². The molecule has 0 atom stereocenters. The number of rotatable bonds is 7. The third-order valence-corrected chi connectivity index (χ3v) is 5.38. The van der Waals surface area contributed by atoms with Gasteiger partial charge < -0.3 is 0 Å². The fraction of sp³-hybridized carbons (Fsp3) is 0.636. The minimum Gasteiger partial charge on any atom is -0.214 e. The van der Waals surface area contributed by atoms with E-state index in [0.29, 0.717) is 18.8 Å². The Bertz CT molecular complexity index is 426. The smallest absolute Gasteiger partial charge is 0.211 e. The summed E-state index contributed by atoms with van der Waals surface area (Å²) in [6, 6.07) is 4.00. The topological polar surface area (TPSA) is 46.2 Å². The number of hydrogen-bond acceptors (Lipinski definition) is 3. The Morgan fingerprint density at radius 1 is 1.47 bits per heavy atom. The molecule has 0 radical (unpaired) electrons. The average molecular weight is 296 g/mol. The van der Waals surface area contributed by atoms with E-state index in [2.05, 4.69) is 4.72 Å². The lowest BCUT2D eigenvalue weighted by Gasteiger charge is -2.23. The summed E-state index contributed by atoms with van der Waals surface area (Å²) in [5.74, 6) is 0.465. The molecule has 17 heavy (non-hydrogen) atoms. The molecule has 0 amide bonds. The number of alkyl halides is 1. The van der Waals surface area contributed by atoms with E-state index in [1.807, 2.05) is 31.4 Å². The van der Waals surface area contributed by atoms with E-state index < -0.39 is 10.0 Å². The van der Waals surface area contributed by atoms with Gasteiger partial charge in [-0.3, -0.25) is 0 Å². The number of sulfonamides is 1. The van der Waals surface area contributed by atoms with Crippen molar-refractivity contribution in [1.82, 2.24) is 4.72 Å². The second-order valence-electron chi connectivity index (χ2n) is 4.54. The summed E-state index contributed by atoms with van der Waals surface area (Å²) in [5.41, 5.74) is -0.178. The van der Waals surface area contributed by atoms with Crippen LogP contribution >= 0.6 is 22.9 Å². The highest BCUT2D eigenvalue weighted by Gasteiger charge is 2.23. The van der Waals surface area contributed by atoms with Gasteiger partial charge in [-0.1, -0.05) is 19.9 Å². The van der Waals surface area contributed by atoms with Crippen LogP contribution in [0.4, 0.5) is 0 Å². The Kier molecular flexibility index (Phi) is 5.44. The van der Waals surface area contributed by atoms with Gasteiger partial charge in [0.2, 0.25) is 10.0 Å². The second kappa shape index (κ2) is 6.18. The molecule has 1 rings (SSSR count). The second-order valence-corrected chi connectivity index (χ2v) is 7.80. The molecule has 0 aliphatic carbocycles. The molecule has 0 bridgehead atoms. The van der Waals surface area contributed by atoms with Gasteiger partial charge in [-0.15, -0.1) is 22.9 Å². The van der Waals surface area contributed by atoms with E-state index in [-0.39, 0.29) is 11.2 Å². The Balaban J connectivity index is 2.56. The van der Waals surface area contributed by atoms with Crippen LogP contribution in [0.5, 0.6) is 0 Å². The number of nitrogens with one attached hydrogen (secondary N) is 1. The van der Waals surface area contributed by atoms with Crippen molar-refractivity contribution < 1.29 is 8.42 Å². The van der Waals surface area contributed by atoms with Crippen LogP contribution in [0.2, 0.25) is 0 Å². The van der Waals surface area contributed by atoms with Crippen LogP contribution < -0.4 is 4.72 Å². The predicted molar refractivity (Wildman–Crippen MR) is 74.5 cm³/mol. The zero-order valence-corrected chi connectivity index (χ0v) is 12.5. The van der Waals surface area contributed by atoms with E-state index in [9.17, 15) is 8.42 Å². The molecule has 3 nitrogen and oxygen atoms in total. The highest BCUT2D eigenvalue weighted by atomic mass is 35.5. The van der Waals surface area contributed by atoms with Gasteiger partial charge in [0.25, 0.3) is 0 Å². The van der Waals surface area contributed by atoms with Crippen LogP contribution in [0, 0.1) is 0 Å². The molecule has 98 valence electrons. The van der Waals surface area contributed by atoms with Crippen molar-refractivity contribution in [2.45, 2.75) is 25.7 Å². The van der Waals surface area contributed by atoms with Gasteiger partial charge in [-0.2, -0.15) is 0 Å². The quantitative estimate of drug-likeness (QED) is 0.786. The molecule has 6 heteroatoms. The van der Waals surface area contributed by atoms with Crippen LogP contribution in [0.3, 0.4) is 0 Å². The Hall–Kier alpha value is -0.100. The molecule has 1 aromatic rings. The van der Waals surface area contributed by atoms with Crippen LogP contribution in [0.1, 0.15) is 25.1 Å². The molecule has 0 fully saturated rings. The van der Waals surface area contributed by atoms with E-state index in [1.54, 1.807) is 11.3 Å². The van der Waals surface area contributed by atoms with Gasteiger partial charge in [0.15, 0.2) is 0 Å². The van der Waals surface area contributed by atoms with Gasteiger partial charge in [0.1, 0.15) is 0 Å². The lowest BCUT2D eigenvalue weighted by Crippen LogP contribution is -2.37. The Labute approximate surface area is 112 Å². The van der Waals surface area contributed by atoms with Gasteiger partial charge in [0.05, 0.1) is 5.75 Å². The maximum atomic E-state index is 11.6. The Morgan fingerprint density at radius 3 is 2.71 bits per heavy atom. The van der Waals surface area contributed by atoms with Crippen LogP contribution in [0.25, 0.3) is 0 Å². The van der Waals surface area contributed by atoms with E-state index in [4.69, 9.17) is 11.6 Å². The molecular weight excluding hydrogens is 278 g/mol. The van der Waals surface area contributed by atoms with Crippen LogP contribution in [0.15, 0.2) is 17.5 Å². The fourth-order valence-electron chi connectivity index (χ4n) is 1.36. The van der Waals surface area contributed by atoms with E-state index in [1.165, 1.54) is 4.88 Å². The molecule has 0 aliphatic rings. The summed E-state index contributed by atoms with van der Waals surface area (Å²) < 4.78 is 25.9. The molecule has 0 saturated heterocycles. The van der Waals surface area contributed by atoms with Crippen LogP contribution in [-0.4, -0.2) is 26.6 Å². The summed E-state index contributed by atoms with van der Waals surface area (Å²) >= 11 is 7.13. The highest BCUT2D eigenvalue weighted by molar-refractivity contribution is 7.89. The molecule has 0 saturated carbocycles. The SMILES string of the molecule is CC(C)(CNS(=O)(=O)CCCCl)c1cccs1. The zero-order chi connectivity index (χ0) is 12.9. The van der Waals surface area contributed by atoms with Crippen molar-refractivity contribution in [2.24, 2.45) is 0 Å².